The smallest absolute Gasteiger partial charge is 0.226 e. The number of carbonyl (C=O) groups is 1. The molecule has 0 N–H and O–H groups in total. The van der Waals surface area contributed by atoms with Crippen molar-refractivity contribution in [3.8, 4) is 0 Å². The lowest BCUT2D eigenvalue weighted by Gasteiger charge is -2.54. The fourth-order valence-corrected chi connectivity index (χ4v) is 5.31. The number of nitrogens with zero attached hydrogens (tertiary/aromatic N) is 1. The average Bonchev–Trinajstić information content (AvgIpc) is 2.38. The molecule has 4 aliphatic carbocycles. The first kappa shape index (κ1) is 13.5. The van der Waals surface area contributed by atoms with Crippen LogP contribution >= 0.6 is 0 Å². The van der Waals surface area contributed by atoms with Gasteiger partial charge in [-0.25, -0.2) is 0 Å². The van der Waals surface area contributed by atoms with Crippen LogP contribution in [-0.4, -0.2) is 23.9 Å². The van der Waals surface area contributed by atoms with Crippen LogP contribution in [0.3, 0.4) is 0 Å². The van der Waals surface area contributed by atoms with Crippen molar-refractivity contribution in [3.05, 3.63) is 0 Å². The summed E-state index contributed by atoms with van der Waals surface area (Å²) in [5.74, 6) is 4.31. The van der Waals surface area contributed by atoms with E-state index in [9.17, 15) is 4.79 Å². The van der Waals surface area contributed by atoms with Crippen LogP contribution in [0.5, 0.6) is 0 Å². The topological polar surface area (TPSA) is 20.3 Å². The maximum Gasteiger partial charge on any atom is 0.226 e. The molecule has 4 rings (SSSR count). The molecule has 1 amide bonds. The summed E-state index contributed by atoms with van der Waals surface area (Å²) in [4.78, 5) is 15.0. The Morgan fingerprint density at radius 1 is 1.00 bits per heavy atom. The molecule has 4 bridgehead atoms. The van der Waals surface area contributed by atoms with Crippen LogP contribution in [-0.2, 0) is 4.79 Å². The van der Waals surface area contributed by atoms with E-state index in [2.05, 4.69) is 18.7 Å². The van der Waals surface area contributed by atoms with E-state index < -0.39 is 0 Å². The van der Waals surface area contributed by atoms with Crippen LogP contribution in [0, 0.1) is 29.6 Å². The van der Waals surface area contributed by atoms with Gasteiger partial charge in [0.15, 0.2) is 0 Å². The standard InChI is InChI=1S/C17H29NO/c1-3-5-6-18(4-2)17(19)16-14-8-12-7-13(10-14)11-15(16)9-12/h12-16H,3-11H2,1-2H3. The molecule has 0 atom stereocenters. The number of hydrogen-bond donors (Lipinski definition) is 0. The van der Waals surface area contributed by atoms with E-state index in [1.165, 1.54) is 38.5 Å². The average molecular weight is 263 g/mol. The van der Waals surface area contributed by atoms with E-state index in [4.69, 9.17) is 0 Å². The minimum absolute atomic E-state index is 0.393. The van der Waals surface area contributed by atoms with Gasteiger partial charge < -0.3 is 4.90 Å². The van der Waals surface area contributed by atoms with Crippen molar-refractivity contribution in [2.24, 2.45) is 29.6 Å². The maximum absolute atomic E-state index is 12.9. The zero-order chi connectivity index (χ0) is 13.4. The summed E-state index contributed by atoms with van der Waals surface area (Å²) in [6.45, 7) is 6.24. The van der Waals surface area contributed by atoms with Crippen LogP contribution in [0.4, 0.5) is 0 Å². The first-order chi connectivity index (χ1) is 9.22. The zero-order valence-corrected chi connectivity index (χ0v) is 12.6. The third-order valence-electron chi connectivity index (χ3n) is 5.99. The molecule has 4 saturated carbocycles. The molecule has 2 nitrogen and oxygen atoms in total. The number of unbranched alkanes of at least 4 members (excludes halogenated alkanes) is 1. The molecule has 4 fully saturated rings. The molecule has 0 saturated heterocycles. The lowest BCUT2D eigenvalue weighted by atomic mass is 9.51. The molecule has 0 heterocycles. The van der Waals surface area contributed by atoms with Crippen molar-refractivity contribution in [3.63, 3.8) is 0 Å². The normalized spacial score (nSPS) is 39.6. The molecular formula is C17H29NO. The number of amides is 1. The minimum Gasteiger partial charge on any atom is -0.343 e. The van der Waals surface area contributed by atoms with Crippen molar-refractivity contribution in [1.82, 2.24) is 4.90 Å². The van der Waals surface area contributed by atoms with Crippen molar-refractivity contribution < 1.29 is 4.79 Å². The first-order valence-electron chi connectivity index (χ1n) is 8.51. The fraction of sp³-hybridized carbons (Fsp3) is 0.941. The Morgan fingerprint density at radius 3 is 2.05 bits per heavy atom. The van der Waals surface area contributed by atoms with Crippen LogP contribution < -0.4 is 0 Å². The molecule has 0 radical (unpaired) electrons. The molecule has 108 valence electrons. The Labute approximate surface area is 117 Å². The number of hydrogen-bond acceptors (Lipinski definition) is 1. The zero-order valence-electron chi connectivity index (χ0n) is 12.6. The van der Waals surface area contributed by atoms with Gasteiger partial charge in [-0.05, 0) is 69.1 Å². The summed E-state index contributed by atoms with van der Waals surface area (Å²) in [7, 11) is 0. The molecular weight excluding hydrogens is 234 g/mol. The van der Waals surface area contributed by atoms with Crippen molar-refractivity contribution >= 4 is 5.91 Å². The third-order valence-corrected chi connectivity index (χ3v) is 5.99. The van der Waals surface area contributed by atoms with Gasteiger partial charge in [0.1, 0.15) is 0 Å². The second-order valence-corrected chi connectivity index (χ2v) is 7.23. The second-order valence-electron chi connectivity index (χ2n) is 7.23. The van der Waals surface area contributed by atoms with Gasteiger partial charge in [-0.1, -0.05) is 13.3 Å². The summed E-state index contributed by atoms with van der Waals surface area (Å²) >= 11 is 0. The highest BCUT2D eigenvalue weighted by atomic mass is 16.2. The molecule has 0 aliphatic heterocycles. The maximum atomic E-state index is 12.9. The van der Waals surface area contributed by atoms with Gasteiger partial charge in [0.25, 0.3) is 0 Å². The van der Waals surface area contributed by atoms with Gasteiger partial charge >= 0.3 is 0 Å². The van der Waals surface area contributed by atoms with E-state index in [0.717, 1.165) is 43.2 Å². The summed E-state index contributed by atoms with van der Waals surface area (Å²) in [6, 6.07) is 0. The number of rotatable bonds is 5. The van der Waals surface area contributed by atoms with Crippen LogP contribution in [0.2, 0.25) is 0 Å². The number of carbonyl (C=O) groups excluding carboxylic acids is 1. The second kappa shape index (κ2) is 5.46. The Morgan fingerprint density at radius 2 is 1.58 bits per heavy atom. The first-order valence-corrected chi connectivity index (χ1v) is 8.51. The molecule has 19 heavy (non-hydrogen) atoms. The highest BCUT2D eigenvalue weighted by Crippen LogP contribution is 2.56. The quantitative estimate of drug-likeness (QED) is 0.740. The van der Waals surface area contributed by atoms with Crippen LogP contribution in [0.1, 0.15) is 58.8 Å². The SMILES string of the molecule is CCCCN(CC)C(=O)C1C2CC3CC(C2)CC1C3. The Hall–Kier alpha value is -0.530. The molecule has 0 spiro atoms. The van der Waals surface area contributed by atoms with E-state index >= 15 is 0 Å². The highest BCUT2D eigenvalue weighted by Gasteiger charge is 2.51. The highest BCUT2D eigenvalue weighted by molar-refractivity contribution is 5.79. The van der Waals surface area contributed by atoms with Crippen LogP contribution in [0.25, 0.3) is 0 Å². The molecule has 2 heteroatoms. The predicted octanol–water partition coefficient (Wildman–Crippen LogP) is 3.71. The summed E-state index contributed by atoms with van der Waals surface area (Å²) in [5, 5.41) is 0. The fourth-order valence-electron chi connectivity index (χ4n) is 5.31. The third kappa shape index (κ3) is 2.43. The Balaban J connectivity index is 1.69. The minimum atomic E-state index is 0.393. The molecule has 4 aliphatic rings. The van der Waals surface area contributed by atoms with Gasteiger partial charge in [0, 0.05) is 19.0 Å². The van der Waals surface area contributed by atoms with E-state index in [1.807, 2.05) is 0 Å². The van der Waals surface area contributed by atoms with Gasteiger partial charge in [-0.3, -0.25) is 4.79 Å². The Bertz CT molecular complexity index is 310. The largest absolute Gasteiger partial charge is 0.343 e. The molecule has 0 unspecified atom stereocenters. The van der Waals surface area contributed by atoms with Crippen molar-refractivity contribution in [2.75, 3.05) is 13.1 Å². The Kier molecular flexibility index (Phi) is 3.86. The van der Waals surface area contributed by atoms with Gasteiger partial charge in [-0.15, -0.1) is 0 Å². The summed E-state index contributed by atoms with van der Waals surface area (Å²) in [5.41, 5.74) is 0. The van der Waals surface area contributed by atoms with E-state index in [-0.39, 0.29) is 0 Å². The van der Waals surface area contributed by atoms with Gasteiger partial charge in [0.05, 0.1) is 0 Å². The van der Waals surface area contributed by atoms with E-state index in [0.29, 0.717) is 11.8 Å². The van der Waals surface area contributed by atoms with E-state index in [1.54, 1.807) is 0 Å². The monoisotopic (exact) mass is 263 g/mol. The van der Waals surface area contributed by atoms with Crippen molar-refractivity contribution in [1.29, 1.82) is 0 Å². The summed E-state index contributed by atoms with van der Waals surface area (Å²) < 4.78 is 0. The molecule has 0 aromatic carbocycles. The lowest BCUT2D eigenvalue weighted by Crippen LogP contribution is -2.52. The van der Waals surface area contributed by atoms with Gasteiger partial charge in [0.2, 0.25) is 5.91 Å². The van der Waals surface area contributed by atoms with Crippen LogP contribution in [0.15, 0.2) is 0 Å². The van der Waals surface area contributed by atoms with Crippen molar-refractivity contribution in [2.45, 2.75) is 58.8 Å². The van der Waals surface area contributed by atoms with Gasteiger partial charge in [-0.2, -0.15) is 0 Å². The lowest BCUT2D eigenvalue weighted by molar-refractivity contribution is -0.149. The summed E-state index contributed by atoms with van der Waals surface area (Å²) in [6.07, 6.45) is 9.24. The molecule has 0 aromatic rings. The predicted molar refractivity (Wildman–Crippen MR) is 77.7 cm³/mol. The molecule has 0 aromatic heterocycles.